The van der Waals surface area contributed by atoms with Crippen LogP contribution in [0, 0.1) is 12.3 Å². The van der Waals surface area contributed by atoms with Gasteiger partial charge in [-0.25, -0.2) is 0 Å². The summed E-state index contributed by atoms with van der Waals surface area (Å²) < 4.78 is 2.20. The van der Waals surface area contributed by atoms with Gasteiger partial charge in [0.15, 0.2) is 0 Å². The van der Waals surface area contributed by atoms with Crippen molar-refractivity contribution in [3.8, 4) is 0 Å². The van der Waals surface area contributed by atoms with Crippen molar-refractivity contribution < 1.29 is 0 Å². The van der Waals surface area contributed by atoms with E-state index < -0.39 is 0 Å². The number of nitrogens with one attached hydrogen (secondary N) is 1. The Morgan fingerprint density at radius 1 is 1.33 bits per heavy atom. The first-order chi connectivity index (χ1) is 10.1. The minimum Gasteiger partial charge on any atom is -0.313 e. The van der Waals surface area contributed by atoms with E-state index in [1.807, 2.05) is 0 Å². The van der Waals surface area contributed by atoms with Gasteiger partial charge in [0.25, 0.3) is 0 Å². The molecule has 120 valence electrons. The second-order valence-electron chi connectivity index (χ2n) is 6.88. The van der Waals surface area contributed by atoms with Crippen molar-refractivity contribution in [1.29, 1.82) is 0 Å². The van der Waals surface area contributed by atoms with Gasteiger partial charge in [0.05, 0.1) is 5.69 Å². The van der Waals surface area contributed by atoms with Crippen molar-refractivity contribution in [3.63, 3.8) is 0 Å². The fraction of sp³-hybridized carbons (Fsp3) is 0.833. The van der Waals surface area contributed by atoms with Gasteiger partial charge in [-0.3, -0.25) is 4.68 Å². The first kappa shape index (κ1) is 16.5. The lowest BCUT2D eigenvalue weighted by Crippen LogP contribution is -2.37. The standard InChI is InChI=1S/C18H33N3/c1-5-8-11-18(6-2,14-19-16-9-10-16)13-17-12-15(4)20-21(17)7-3/h12,16,19H,5-11,13-14H2,1-4H3. The van der Waals surface area contributed by atoms with Crippen molar-refractivity contribution in [2.24, 2.45) is 5.41 Å². The van der Waals surface area contributed by atoms with Gasteiger partial charge in [-0.2, -0.15) is 5.10 Å². The molecule has 0 saturated heterocycles. The van der Waals surface area contributed by atoms with Crippen molar-refractivity contribution >= 4 is 0 Å². The molecule has 21 heavy (non-hydrogen) atoms. The second-order valence-corrected chi connectivity index (χ2v) is 6.88. The maximum atomic E-state index is 4.63. The zero-order valence-electron chi connectivity index (χ0n) is 14.4. The molecule has 2 rings (SSSR count). The van der Waals surface area contributed by atoms with E-state index in [1.165, 1.54) is 50.8 Å². The van der Waals surface area contributed by atoms with Gasteiger partial charge >= 0.3 is 0 Å². The van der Waals surface area contributed by atoms with Crippen molar-refractivity contribution in [1.82, 2.24) is 15.1 Å². The zero-order chi connectivity index (χ0) is 15.3. The number of rotatable bonds is 10. The molecule has 1 aromatic rings. The third-order valence-corrected chi connectivity index (χ3v) is 4.99. The molecule has 1 saturated carbocycles. The van der Waals surface area contributed by atoms with E-state index in [1.54, 1.807) is 0 Å². The van der Waals surface area contributed by atoms with Crippen LogP contribution < -0.4 is 5.32 Å². The number of unbranched alkanes of at least 4 members (excludes halogenated alkanes) is 1. The molecule has 1 aliphatic carbocycles. The molecule has 1 atom stereocenters. The average molecular weight is 291 g/mol. The molecule has 3 heteroatoms. The Bertz CT molecular complexity index is 434. The molecule has 0 amide bonds. The van der Waals surface area contributed by atoms with Gasteiger partial charge in [0.2, 0.25) is 0 Å². The molecule has 1 aromatic heterocycles. The Labute approximate surface area is 130 Å². The van der Waals surface area contributed by atoms with Gasteiger partial charge in [-0.05, 0) is 57.4 Å². The van der Waals surface area contributed by atoms with Crippen molar-refractivity contribution in [3.05, 3.63) is 17.5 Å². The van der Waals surface area contributed by atoms with Crippen molar-refractivity contribution in [2.75, 3.05) is 6.54 Å². The molecule has 0 bridgehead atoms. The maximum absolute atomic E-state index is 4.63. The number of aryl methyl sites for hydroxylation is 2. The minimum atomic E-state index is 0.401. The van der Waals surface area contributed by atoms with E-state index in [9.17, 15) is 0 Å². The SMILES string of the molecule is CCCCC(CC)(CNC1CC1)Cc1cc(C)nn1CC. The van der Waals surface area contributed by atoms with Gasteiger partial charge < -0.3 is 5.32 Å². The summed E-state index contributed by atoms with van der Waals surface area (Å²) in [7, 11) is 0. The summed E-state index contributed by atoms with van der Waals surface area (Å²) in [6.45, 7) is 11.1. The third kappa shape index (κ3) is 4.57. The van der Waals surface area contributed by atoms with Crippen LogP contribution in [0.3, 0.4) is 0 Å². The molecule has 3 nitrogen and oxygen atoms in total. The fourth-order valence-corrected chi connectivity index (χ4v) is 3.27. The maximum Gasteiger partial charge on any atom is 0.0596 e. The molecule has 1 N–H and O–H groups in total. The Morgan fingerprint density at radius 2 is 2.10 bits per heavy atom. The lowest BCUT2D eigenvalue weighted by atomic mass is 9.76. The van der Waals surface area contributed by atoms with Gasteiger partial charge in [-0.15, -0.1) is 0 Å². The monoisotopic (exact) mass is 291 g/mol. The van der Waals surface area contributed by atoms with Crippen LogP contribution in [0.4, 0.5) is 0 Å². The largest absolute Gasteiger partial charge is 0.313 e. The predicted molar refractivity (Wildman–Crippen MR) is 89.6 cm³/mol. The smallest absolute Gasteiger partial charge is 0.0596 e. The summed E-state index contributed by atoms with van der Waals surface area (Å²) in [6.07, 6.45) is 9.11. The molecule has 1 fully saturated rings. The topological polar surface area (TPSA) is 29.9 Å². The quantitative estimate of drug-likeness (QED) is 0.703. The van der Waals surface area contributed by atoms with Crippen molar-refractivity contribution in [2.45, 2.75) is 85.2 Å². The number of aromatic nitrogens is 2. The number of hydrogen-bond acceptors (Lipinski definition) is 2. The van der Waals surface area contributed by atoms with Crippen LogP contribution in [0.5, 0.6) is 0 Å². The van der Waals surface area contributed by atoms with E-state index in [2.05, 4.69) is 48.9 Å². The highest BCUT2D eigenvalue weighted by atomic mass is 15.3. The Balaban J connectivity index is 2.11. The van der Waals surface area contributed by atoms with Crippen LogP contribution in [0.15, 0.2) is 6.07 Å². The van der Waals surface area contributed by atoms with Gasteiger partial charge in [-0.1, -0.05) is 26.7 Å². The second kappa shape index (κ2) is 7.44. The summed E-state index contributed by atoms with van der Waals surface area (Å²) in [4.78, 5) is 0. The van der Waals surface area contributed by atoms with Crippen LogP contribution in [0.2, 0.25) is 0 Å². The summed E-state index contributed by atoms with van der Waals surface area (Å²) in [5.74, 6) is 0. The molecule has 0 radical (unpaired) electrons. The molecule has 1 aliphatic rings. The third-order valence-electron chi connectivity index (χ3n) is 4.99. The first-order valence-corrected chi connectivity index (χ1v) is 8.89. The molecule has 0 spiro atoms. The van der Waals surface area contributed by atoms with Crippen LogP contribution in [0.1, 0.15) is 70.7 Å². The van der Waals surface area contributed by atoms with E-state index in [0.29, 0.717) is 5.41 Å². The molecule has 1 heterocycles. The summed E-state index contributed by atoms with van der Waals surface area (Å²) in [5.41, 5.74) is 2.98. The van der Waals surface area contributed by atoms with Gasteiger partial charge in [0, 0.05) is 24.8 Å². The van der Waals surface area contributed by atoms with Crippen LogP contribution in [-0.4, -0.2) is 22.4 Å². The highest BCUT2D eigenvalue weighted by Crippen LogP contribution is 2.34. The normalized spacial score (nSPS) is 17.9. The van der Waals surface area contributed by atoms with Crippen LogP contribution in [0.25, 0.3) is 0 Å². The van der Waals surface area contributed by atoms with E-state index in [-0.39, 0.29) is 0 Å². The van der Waals surface area contributed by atoms with Gasteiger partial charge in [0.1, 0.15) is 0 Å². The molecular formula is C18H33N3. The molecule has 1 unspecified atom stereocenters. The average Bonchev–Trinajstić information content (AvgIpc) is 3.25. The fourth-order valence-electron chi connectivity index (χ4n) is 3.27. The lowest BCUT2D eigenvalue weighted by molar-refractivity contribution is 0.222. The molecule has 0 aromatic carbocycles. The molecular weight excluding hydrogens is 258 g/mol. The Kier molecular flexibility index (Phi) is 5.86. The van der Waals surface area contributed by atoms with E-state index in [0.717, 1.165) is 24.7 Å². The lowest BCUT2D eigenvalue weighted by Gasteiger charge is -2.34. The Morgan fingerprint density at radius 3 is 2.67 bits per heavy atom. The number of nitrogens with zero attached hydrogens (tertiary/aromatic N) is 2. The van der Waals surface area contributed by atoms with Crippen LogP contribution >= 0.6 is 0 Å². The van der Waals surface area contributed by atoms with E-state index >= 15 is 0 Å². The molecule has 0 aliphatic heterocycles. The highest BCUT2D eigenvalue weighted by Gasteiger charge is 2.32. The summed E-state index contributed by atoms with van der Waals surface area (Å²) in [6, 6.07) is 3.09. The Hall–Kier alpha value is -0.830. The summed E-state index contributed by atoms with van der Waals surface area (Å²) >= 11 is 0. The van der Waals surface area contributed by atoms with Crippen LogP contribution in [-0.2, 0) is 13.0 Å². The minimum absolute atomic E-state index is 0.401. The predicted octanol–water partition coefficient (Wildman–Crippen LogP) is 4.09. The zero-order valence-corrected chi connectivity index (χ0v) is 14.4. The number of hydrogen-bond donors (Lipinski definition) is 1. The highest BCUT2D eigenvalue weighted by molar-refractivity contribution is 5.12. The van der Waals surface area contributed by atoms with E-state index in [4.69, 9.17) is 0 Å². The first-order valence-electron chi connectivity index (χ1n) is 8.89. The summed E-state index contributed by atoms with van der Waals surface area (Å²) in [5, 5.41) is 8.42.